The summed E-state index contributed by atoms with van der Waals surface area (Å²) in [7, 11) is 2.13. The van der Waals surface area contributed by atoms with E-state index in [9.17, 15) is 5.11 Å². The van der Waals surface area contributed by atoms with Crippen LogP contribution in [0.4, 0.5) is 0 Å². The number of aromatic nitrogens is 1. The quantitative estimate of drug-likeness (QED) is 0.611. The molecule has 1 aliphatic carbocycles. The molecule has 0 amide bonds. The second-order valence-corrected chi connectivity index (χ2v) is 8.18. The predicted molar refractivity (Wildman–Crippen MR) is 112 cm³/mol. The van der Waals surface area contributed by atoms with E-state index in [0.29, 0.717) is 0 Å². The maximum Gasteiger partial charge on any atom is 0.119 e. The first-order chi connectivity index (χ1) is 13.1. The van der Waals surface area contributed by atoms with Gasteiger partial charge in [-0.1, -0.05) is 44.2 Å². The molecule has 0 aliphatic heterocycles. The van der Waals surface area contributed by atoms with Crippen LogP contribution in [0.15, 0.2) is 36.4 Å². The Kier molecular flexibility index (Phi) is 7.40. The second kappa shape index (κ2) is 9.98. The molecule has 3 rings (SSSR count). The van der Waals surface area contributed by atoms with Crippen LogP contribution in [0.3, 0.4) is 0 Å². The van der Waals surface area contributed by atoms with E-state index in [2.05, 4.69) is 48.0 Å². The van der Waals surface area contributed by atoms with Gasteiger partial charge in [-0.25, -0.2) is 0 Å². The maximum atomic E-state index is 9.45. The molecular formula is C24H35NO2. The van der Waals surface area contributed by atoms with Crippen LogP contribution in [0.25, 0.3) is 11.3 Å². The van der Waals surface area contributed by atoms with Crippen LogP contribution in [-0.4, -0.2) is 22.4 Å². The van der Waals surface area contributed by atoms with Crippen molar-refractivity contribution in [1.29, 1.82) is 0 Å². The van der Waals surface area contributed by atoms with Crippen LogP contribution in [0.1, 0.15) is 64.0 Å². The summed E-state index contributed by atoms with van der Waals surface area (Å²) in [6, 6.07) is 12.9. The molecule has 1 aromatic heterocycles. The number of aliphatic hydroxyl groups is 1. The number of aliphatic hydroxyl groups excluding tert-OH is 1. The number of benzene rings is 1. The lowest BCUT2D eigenvalue weighted by Crippen LogP contribution is -2.10. The fraction of sp³-hybridized carbons (Fsp3) is 0.583. The Balaban J connectivity index is 1.57. The third kappa shape index (κ3) is 5.87. The fourth-order valence-corrected chi connectivity index (χ4v) is 4.24. The van der Waals surface area contributed by atoms with E-state index in [1.807, 2.05) is 6.92 Å². The van der Waals surface area contributed by atoms with Crippen molar-refractivity contribution in [2.45, 2.75) is 70.8 Å². The minimum absolute atomic E-state index is 0.216. The lowest BCUT2D eigenvalue weighted by Gasteiger charge is -2.21. The van der Waals surface area contributed by atoms with Crippen molar-refractivity contribution in [2.24, 2.45) is 13.0 Å². The van der Waals surface area contributed by atoms with Crippen LogP contribution >= 0.6 is 0 Å². The van der Waals surface area contributed by atoms with Crippen molar-refractivity contribution in [3.8, 4) is 17.0 Å². The summed E-state index contributed by atoms with van der Waals surface area (Å²) in [5, 5.41) is 9.45. The van der Waals surface area contributed by atoms with Gasteiger partial charge in [0.1, 0.15) is 5.75 Å². The molecule has 1 saturated carbocycles. The predicted octanol–water partition coefficient (Wildman–Crippen LogP) is 5.74. The number of nitrogens with zero attached hydrogens (tertiary/aromatic N) is 1. The highest BCUT2D eigenvalue weighted by Gasteiger charge is 2.13. The number of aryl methyl sites for hydroxylation is 1. The zero-order chi connectivity index (χ0) is 19.1. The molecule has 1 unspecified atom stereocenters. The number of rotatable bonds is 9. The van der Waals surface area contributed by atoms with Gasteiger partial charge in [0.2, 0.25) is 0 Å². The van der Waals surface area contributed by atoms with Crippen LogP contribution in [-0.2, 0) is 13.5 Å². The SMILES string of the molecule is CC(O)CCCc1ccc(-c2cccc(OCCC3CCCCC3)c2)n1C. The Bertz CT molecular complexity index is 698. The molecule has 3 nitrogen and oxygen atoms in total. The number of ether oxygens (including phenoxy) is 1. The third-order valence-electron chi connectivity index (χ3n) is 5.93. The molecule has 1 heterocycles. The first-order valence-electron chi connectivity index (χ1n) is 10.7. The van der Waals surface area contributed by atoms with Gasteiger partial charge in [-0.15, -0.1) is 0 Å². The van der Waals surface area contributed by atoms with Crippen molar-refractivity contribution in [1.82, 2.24) is 4.57 Å². The topological polar surface area (TPSA) is 34.4 Å². The molecule has 3 heteroatoms. The molecule has 0 radical (unpaired) electrons. The second-order valence-electron chi connectivity index (χ2n) is 8.18. The van der Waals surface area contributed by atoms with Crippen molar-refractivity contribution in [3.05, 3.63) is 42.1 Å². The summed E-state index contributed by atoms with van der Waals surface area (Å²) in [6.07, 6.45) is 10.8. The highest BCUT2D eigenvalue weighted by molar-refractivity contribution is 5.62. The first kappa shape index (κ1) is 20.0. The van der Waals surface area contributed by atoms with Crippen LogP contribution < -0.4 is 4.74 Å². The Morgan fingerprint density at radius 3 is 2.74 bits per heavy atom. The van der Waals surface area contributed by atoms with E-state index in [0.717, 1.165) is 37.5 Å². The maximum absolute atomic E-state index is 9.45. The van der Waals surface area contributed by atoms with Crippen LogP contribution in [0.5, 0.6) is 5.75 Å². The van der Waals surface area contributed by atoms with E-state index >= 15 is 0 Å². The standard InChI is InChI=1S/C24H35NO2/c1-19(26)8-6-12-22-14-15-24(25(22)2)21-11-7-13-23(18-21)27-17-16-20-9-4-3-5-10-20/h7,11,13-15,18-20,26H,3-6,8-10,12,16-17H2,1-2H3. The molecule has 1 aromatic carbocycles. The van der Waals surface area contributed by atoms with Crippen molar-refractivity contribution in [3.63, 3.8) is 0 Å². The van der Waals surface area contributed by atoms with Gasteiger partial charge in [0.05, 0.1) is 12.7 Å². The molecule has 0 saturated heterocycles. The molecule has 0 spiro atoms. The van der Waals surface area contributed by atoms with E-state index in [1.54, 1.807) is 0 Å². The third-order valence-corrected chi connectivity index (χ3v) is 5.93. The molecule has 1 atom stereocenters. The lowest BCUT2D eigenvalue weighted by atomic mass is 9.87. The van der Waals surface area contributed by atoms with Gasteiger partial charge < -0.3 is 14.4 Å². The lowest BCUT2D eigenvalue weighted by molar-refractivity contribution is 0.181. The van der Waals surface area contributed by atoms with Gasteiger partial charge in [-0.2, -0.15) is 0 Å². The number of hydrogen-bond acceptors (Lipinski definition) is 2. The summed E-state index contributed by atoms with van der Waals surface area (Å²) in [4.78, 5) is 0. The number of hydrogen-bond donors (Lipinski definition) is 1. The average Bonchev–Trinajstić information content (AvgIpc) is 3.03. The van der Waals surface area contributed by atoms with Crippen LogP contribution in [0.2, 0.25) is 0 Å². The smallest absolute Gasteiger partial charge is 0.119 e. The molecule has 1 fully saturated rings. The molecule has 0 bridgehead atoms. The first-order valence-corrected chi connectivity index (χ1v) is 10.7. The minimum atomic E-state index is -0.216. The highest BCUT2D eigenvalue weighted by Crippen LogP contribution is 2.28. The normalized spacial score (nSPS) is 16.4. The molecule has 27 heavy (non-hydrogen) atoms. The minimum Gasteiger partial charge on any atom is -0.494 e. The zero-order valence-electron chi connectivity index (χ0n) is 17.0. The monoisotopic (exact) mass is 369 g/mol. The van der Waals surface area contributed by atoms with E-state index in [4.69, 9.17) is 4.74 Å². The Morgan fingerprint density at radius 2 is 1.96 bits per heavy atom. The summed E-state index contributed by atoms with van der Waals surface area (Å²) in [5.74, 6) is 1.83. The van der Waals surface area contributed by atoms with E-state index < -0.39 is 0 Å². The van der Waals surface area contributed by atoms with Gasteiger partial charge in [-0.3, -0.25) is 0 Å². The van der Waals surface area contributed by atoms with Gasteiger partial charge in [0, 0.05) is 24.0 Å². The van der Waals surface area contributed by atoms with E-state index in [1.165, 1.54) is 55.5 Å². The molecule has 1 N–H and O–H groups in total. The van der Waals surface area contributed by atoms with Gasteiger partial charge >= 0.3 is 0 Å². The zero-order valence-corrected chi connectivity index (χ0v) is 17.0. The molecular weight excluding hydrogens is 334 g/mol. The fourth-order valence-electron chi connectivity index (χ4n) is 4.24. The van der Waals surface area contributed by atoms with Crippen molar-refractivity contribution in [2.75, 3.05) is 6.61 Å². The summed E-state index contributed by atoms with van der Waals surface area (Å²) < 4.78 is 8.34. The molecule has 1 aliphatic rings. The summed E-state index contributed by atoms with van der Waals surface area (Å²) >= 11 is 0. The average molecular weight is 370 g/mol. The van der Waals surface area contributed by atoms with Gasteiger partial charge in [-0.05, 0) is 62.8 Å². The van der Waals surface area contributed by atoms with E-state index in [-0.39, 0.29) is 6.10 Å². The van der Waals surface area contributed by atoms with Crippen molar-refractivity contribution >= 4 is 0 Å². The Morgan fingerprint density at radius 1 is 1.15 bits per heavy atom. The Hall–Kier alpha value is -1.74. The largest absolute Gasteiger partial charge is 0.494 e. The van der Waals surface area contributed by atoms with Gasteiger partial charge in [0.25, 0.3) is 0 Å². The molecule has 2 aromatic rings. The summed E-state index contributed by atoms with van der Waals surface area (Å²) in [6.45, 7) is 2.68. The van der Waals surface area contributed by atoms with Crippen LogP contribution in [0, 0.1) is 5.92 Å². The summed E-state index contributed by atoms with van der Waals surface area (Å²) in [5.41, 5.74) is 3.74. The Labute approximate surface area is 164 Å². The van der Waals surface area contributed by atoms with Crippen molar-refractivity contribution < 1.29 is 9.84 Å². The van der Waals surface area contributed by atoms with Gasteiger partial charge in [0.15, 0.2) is 0 Å². The highest BCUT2D eigenvalue weighted by atomic mass is 16.5. The molecule has 148 valence electrons.